The predicted molar refractivity (Wildman–Crippen MR) is 51.7 cm³/mol. The highest BCUT2D eigenvalue weighted by Crippen LogP contribution is 2.11. The summed E-state index contributed by atoms with van der Waals surface area (Å²) in [4.78, 5) is 3.97. The number of hydrogen-bond donors (Lipinski definition) is 1. The molecule has 1 aromatic heterocycles. The maximum Gasteiger partial charge on any atom is 0.218 e. The summed E-state index contributed by atoms with van der Waals surface area (Å²) >= 11 is 6.36. The van der Waals surface area contributed by atoms with Gasteiger partial charge in [0.25, 0.3) is 0 Å². The smallest absolute Gasteiger partial charge is 0.218 e. The minimum atomic E-state index is -0.366. The molecule has 1 atom stereocenters. The van der Waals surface area contributed by atoms with E-state index in [9.17, 15) is 5.11 Å². The molecule has 68 valence electrons. The lowest BCUT2D eigenvalue weighted by molar-refractivity contribution is 0.144. The van der Waals surface area contributed by atoms with Crippen LogP contribution in [-0.2, 0) is 6.54 Å². The molecule has 0 spiro atoms. The Morgan fingerprint density at radius 2 is 2.25 bits per heavy atom. The zero-order valence-electron chi connectivity index (χ0n) is 6.54. The van der Waals surface area contributed by atoms with Gasteiger partial charge < -0.3 is 5.11 Å². The molecule has 1 aromatic rings. The summed E-state index contributed by atoms with van der Waals surface area (Å²) in [6.45, 7) is 2.39. The van der Waals surface area contributed by atoms with Crippen LogP contribution in [-0.4, -0.2) is 26.0 Å². The van der Waals surface area contributed by atoms with Gasteiger partial charge in [0.05, 0.1) is 12.6 Å². The number of rotatable bonds is 3. The average Bonchev–Trinajstić information content (AvgIpc) is 2.30. The first-order valence-corrected chi connectivity index (χ1v) is 5.16. The van der Waals surface area contributed by atoms with Gasteiger partial charge in [0.15, 0.2) is 4.73 Å². The Balaban J connectivity index is 2.68. The molecule has 0 saturated heterocycles. The molecule has 0 saturated carbocycles. The average molecular weight is 299 g/mol. The number of aromatic nitrogens is 3. The molecule has 0 bridgehead atoms. The first kappa shape index (κ1) is 10.1. The van der Waals surface area contributed by atoms with E-state index in [1.165, 1.54) is 0 Å². The summed E-state index contributed by atoms with van der Waals surface area (Å²) in [5.74, 6) is 0. The van der Waals surface area contributed by atoms with E-state index in [0.717, 1.165) is 0 Å². The lowest BCUT2D eigenvalue weighted by Crippen LogP contribution is -2.15. The molecule has 4 nitrogen and oxygen atoms in total. The quantitative estimate of drug-likeness (QED) is 0.922. The van der Waals surface area contributed by atoms with Crippen LogP contribution in [0.25, 0.3) is 0 Å². The van der Waals surface area contributed by atoms with E-state index in [1.807, 2.05) is 6.92 Å². The third kappa shape index (κ3) is 2.53. The minimum absolute atomic E-state index is 0.366. The van der Waals surface area contributed by atoms with Crippen molar-refractivity contribution in [1.29, 1.82) is 0 Å². The van der Waals surface area contributed by atoms with E-state index in [2.05, 4.69) is 41.9 Å². The number of aliphatic hydroxyl groups excluding tert-OH is 1. The highest BCUT2D eigenvalue weighted by atomic mass is 79.9. The fraction of sp³-hybridized carbons (Fsp3) is 0.667. The lowest BCUT2D eigenvalue weighted by atomic mass is 10.3. The van der Waals surface area contributed by atoms with Crippen LogP contribution in [0.1, 0.15) is 13.3 Å². The fourth-order valence-electron chi connectivity index (χ4n) is 0.742. The summed E-state index contributed by atoms with van der Waals surface area (Å²) in [5.41, 5.74) is 0. The van der Waals surface area contributed by atoms with Gasteiger partial charge in [-0.25, -0.2) is 4.68 Å². The standard InChI is InChI=1S/C6H9Br2N3O/c1-2-4(12)3-11-6(8)9-5(7)10-11/h4,12H,2-3H2,1H3. The number of halogens is 2. The molecule has 1 N–H and O–H groups in total. The van der Waals surface area contributed by atoms with Gasteiger partial charge in [0.1, 0.15) is 0 Å². The van der Waals surface area contributed by atoms with E-state index in [-0.39, 0.29) is 6.10 Å². The van der Waals surface area contributed by atoms with Crippen molar-refractivity contribution in [3.63, 3.8) is 0 Å². The lowest BCUT2D eigenvalue weighted by Gasteiger charge is -2.06. The van der Waals surface area contributed by atoms with Crippen LogP contribution >= 0.6 is 31.9 Å². The second-order valence-corrected chi connectivity index (χ2v) is 3.81. The van der Waals surface area contributed by atoms with Crippen molar-refractivity contribution in [3.8, 4) is 0 Å². The fourth-order valence-corrected chi connectivity index (χ4v) is 1.73. The van der Waals surface area contributed by atoms with Gasteiger partial charge in [-0.3, -0.25) is 0 Å². The van der Waals surface area contributed by atoms with Crippen molar-refractivity contribution in [2.45, 2.75) is 26.0 Å². The molecule has 1 heterocycles. The number of nitrogens with zero attached hydrogens (tertiary/aromatic N) is 3. The molecule has 0 aliphatic carbocycles. The Bertz CT molecular complexity index is 263. The van der Waals surface area contributed by atoms with Gasteiger partial charge in [-0.15, -0.1) is 5.10 Å². The maximum absolute atomic E-state index is 9.32. The van der Waals surface area contributed by atoms with Crippen molar-refractivity contribution in [3.05, 3.63) is 9.47 Å². The molecule has 1 rings (SSSR count). The summed E-state index contributed by atoms with van der Waals surface area (Å²) in [6.07, 6.45) is 0.346. The summed E-state index contributed by atoms with van der Waals surface area (Å²) in [7, 11) is 0. The van der Waals surface area contributed by atoms with Crippen LogP contribution in [0, 0.1) is 0 Å². The summed E-state index contributed by atoms with van der Waals surface area (Å²) < 4.78 is 2.76. The van der Waals surface area contributed by atoms with Gasteiger partial charge >= 0.3 is 0 Å². The van der Waals surface area contributed by atoms with Crippen molar-refractivity contribution >= 4 is 31.9 Å². The number of hydrogen-bond acceptors (Lipinski definition) is 3. The largest absolute Gasteiger partial charge is 0.391 e. The van der Waals surface area contributed by atoms with Crippen molar-refractivity contribution in [2.75, 3.05) is 0 Å². The maximum atomic E-state index is 9.32. The third-order valence-corrected chi connectivity index (χ3v) is 2.38. The zero-order chi connectivity index (χ0) is 9.14. The highest BCUT2D eigenvalue weighted by molar-refractivity contribution is 9.11. The van der Waals surface area contributed by atoms with Crippen LogP contribution < -0.4 is 0 Å². The van der Waals surface area contributed by atoms with Crippen LogP contribution in [0.5, 0.6) is 0 Å². The minimum Gasteiger partial charge on any atom is -0.391 e. The molecule has 1 unspecified atom stereocenters. The second kappa shape index (κ2) is 4.34. The summed E-state index contributed by atoms with van der Waals surface area (Å²) in [6, 6.07) is 0. The van der Waals surface area contributed by atoms with Crippen LogP contribution in [0.4, 0.5) is 0 Å². The molecule has 0 amide bonds. The van der Waals surface area contributed by atoms with Crippen LogP contribution in [0.3, 0.4) is 0 Å². The van der Waals surface area contributed by atoms with Crippen LogP contribution in [0.15, 0.2) is 9.47 Å². The molecule has 0 aliphatic heterocycles. The predicted octanol–water partition coefficient (Wildman–Crippen LogP) is 1.57. The topological polar surface area (TPSA) is 50.9 Å². The Morgan fingerprint density at radius 1 is 1.58 bits per heavy atom. The molecular formula is C6H9Br2N3O. The highest BCUT2D eigenvalue weighted by Gasteiger charge is 2.08. The summed E-state index contributed by atoms with van der Waals surface area (Å²) in [5, 5.41) is 13.3. The SMILES string of the molecule is CCC(O)Cn1nc(Br)nc1Br. The molecule has 6 heteroatoms. The first-order valence-electron chi connectivity index (χ1n) is 3.57. The van der Waals surface area contributed by atoms with E-state index >= 15 is 0 Å². The first-order chi connectivity index (χ1) is 5.63. The monoisotopic (exact) mass is 297 g/mol. The van der Waals surface area contributed by atoms with Crippen molar-refractivity contribution in [1.82, 2.24) is 14.8 Å². The van der Waals surface area contributed by atoms with E-state index in [1.54, 1.807) is 4.68 Å². The van der Waals surface area contributed by atoms with Crippen molar-refractivity contribution in [2.24, 2.45) is 0 Å². The molecule has 0 radical (unpaired) electrons. The van der Waals surface area contributed by atoms with E-state index < -0.39 is 0 Å². The Kier molecular flexibility index (Phi) is 3.67. The third-order valence-electron chi connectivity index (χ3n) is 1.46. The van der Waals surface area contributed by atoms with Gasteiger partial charge in [0.2, 0.25) is 4.73 Å². The Morgan fingerprint density at radius 3 is 2.67 bits per heavy atom. The van der Waals surface area contributed by atoms with Crippen LogP contribution in [0.2, 0.25) is 0 Å². The van der Waals surface area contributed by atoms with E-state index in [4.69, 9.17) is 0 Å². The van der Waals surface area contributed by atoms with Gasteiger partial charge in [-0.1, -0.05) is 6.92 Å². The van der Waals surface area contributed by atoms with Gasteiger partial charge in [-0.2, -0.15) is 4.98 Å². The number of aliphatic hydroxyl groups is 1. The second-order valence-electron chi connectivity index (χ2n) is 2.39. The molecule has 0 aromatic carbocycles. The zero-order valence-corrected chi connectivity index (χ0v) is 9.71. The normalized spacial score (nSPS) is 13.3. The van der Waals surface area contributed by atoms with Crippen molar-refractivity contribution < 1.29 is 5.11 Å². The molecule has 0 fully saturated rings. The molecular weight excluding hydrogens is 290 g/mol. The Hall–Kier alpha value is 0.0600. The van der Waals surface area contributed by atoms with E-state index in [0.29, 0.717) is 22.4 Å². The Labute approximate surface area is 87.2 Å². The molecule has 0 aliphatic rings. The molecule has 12 heavy (non-hydrogen) atoms. The van der Waals surface area contributed by atoms with Gasteiger partial charge in [-0.05, 0) is 38.3 Å². The van der Waals surface area contributed by atoms with Gasteiger partial charge in [0, 0.05) is 0 Å².